The third-order valence-corrected chi connectivity index (χ3v) is 2.87. The molecule has 0 fully saturated rings. The maximum atomic E-state index is 13.1. The van der Waals surface area contributed by atoms with Crippen LogP contribution in [0.5, 0.6) is 0 Å². The summed E-state index contributed by atoms with van der Waals surface area (Å²) >= 11 is 5.73. The van der Waals surface area contributed by atoms with Gasteiger partial charge in [0.05, 0.1) is 6.54 Å². The average molecular weight is 293 g/mol. The van der Waals surface area contributed by atoms with Gasteiger partial charge in [0, 0.05) is 17.3 Å². The van der Waals surface area contributed by atoms with E-state index in [2.05, 4.69) is 10.6 Å². The average Bonchev–Trinajstić information content (AvgIpc) is 2.43. The Labute approximate surface area is 121 Å². The van der Waals surface area contributed by atoms with Crippen LogP contribution >= 0.6 is 11.6 Å². The van der Waals surface area contributed by atoms with Crippen molar-refractivity contribution in [1.82, 2.24) is 5.32 Å². The van der Waals surface area contributed by atoms with Crippen LogP contribution in [0.15, 0.2) is 48.5 Å². The number of carbonyl (C=O) groups is 1. The van der Waals surface area contributed by atoms with Crippen molar-refractivity contribution < 1.29 is 9.18 Å². The van der Waals surface area contributed by atoms with Crippen LogP contribution in [-0.4, -0.2) is 12.5 Å². The number of hydrogen-bond donors (Lipinski definition) is 2. The third kappa shape index (κ3) is 4.55. The Morgan fingerprint density at radius 3 is 2.60 bits per heavy atom. The van der Waals surface area contributed by atoms with Crippen LogP contribution in [0.3, 0.4) is 0 Å². The molecule has 0 saturated heterocycles. The van der Waals surface area contributed by atoms with E-state index < -0.39 is 5.82 Å². The molecule has 0 unspecified atom stereocenters. The molecule has 0 aliphatic rings. The molecule has 0 aliphatic heterocycles. The van der Waals surface area contributed by atoms with E-state index in [-0.39, 0.29) is 17.5 Å². The number of nitrogens with one attached hydrogen (secondary N) is 2. The molecule has 0 saturated carbocycles. The van der Waals surface area contributed by atoms with Gasteiger partial charge in [-0.05, 0) is 23.8 Å². The first-order valence-electron chi connectivity index (χ1n) is 6.14. The molecular formula is C15H14ClFN2O. The molecule has 20 heavy (non-hydrogen) atoms. The zero-order valence-electron chi connectivity index (χ0n) is 10.7. The minimum Gasteiger partial charge on any atom is -0.376 e. The lowest BCUT2D eigenvalue weighted by atomic mass is 10.2. The van der Waals surface area contributed by atoms with E-state index in [1.165, 1.54) is 12.1 Å². The zero-order chi connectivity index (χ0) is 14.4. The van der Waals surface area contributed by atoms with Gasteiger partial charge in [0.15, 0.2) is 0 Å². The Morgan fingerprint density at radius 1 is 1.15 bits per heavy atom. The minimum atomic E-state index is -0.440. The van der Waals surface area contributed by atoms with Crippen LogP contribution in [-0.2, 0) is 11.3 Å². The molecule has 1 amide bonds. The molecule has 0 heterocycles. The predicted molar refractivity (Wildman–Crippen MR) is 78.2 cm³/mol. The monoisotopic (exact) mass is 292 g/mol. The molecule has 0 bridgehead atoms. The number of rotatable bonds is 5. The number of halogens is 2. The van der Waals surface area contributed by atoms with Crippen LogP contribution in [0.1, 0.15) is 5.56 Å². The summed E-state index contributed by atoms with van der Waals surface area (Å²) in [5, 5.41) is 5.89. The Balaban J connectivity index is 1.80. The van der Waals surface area contributed by atoms with Gasteiger partial charge in [-0.25, -0.2) is 4.39 Å². The van der Waals surface area contributed by atoms with Gasteiger partial charge in [-0.3, -0.25) is 4.79 Å². The van der Waals surface area contributed by atoms with E-state index in [0.717, 1.165) is 5.56 Å². The summed E-state index contributed by atoms with van der Waals surface area (Å²) in [6.07, 6.45) is 0. The standard InChI is InChI=1S/C15H14ClFN2O/c16-12-6-13(17)8-14(7-12)18-10-15(20)19-9-11-4-2-1-3-5-11/h1-8,18H,9-10H2,(H,19,20). The zero-order valence-corrected chi connectivity index (χ0v) is 11.5. The molecule has 0 aliphatic carbocycles. The minimum absolute atomic E-state index is 0.0621. The third-order valence-electron chi connectivity index (χ3n) is 2.65. The summed E-state index contributed by atoms with van der Waals surface area (Å²) in [5.41, 5.74) is 1.50. The van der Waals surface area contributed by atoms with Crippen molar-refractivity contribution in [2.75, 3.05) is 11.9 Å². The van der Waals surface area contributed by atoms with E-state index >= 15 is 0 Å². The number of carbonyl (C=O) groups excluding carboxylic acids is 1. The van der Waals surface area contributed by atoms with Gasteiger partial charge in [-0.1, -0.05) is 41.9 Å². The Hall–Kier alpha value is -2.07. The fourth-order valence-corrected chi connectivity index (χ4v) is 1.92. The van der Waals surface area contributed by atoms with E-state index in [1.807, 2.05) is 30.3 Å². The largest absolute Gasteiger partial charge is 0.376 e. The topological polar surface area (TPSA) is 41.1 Å². The Morgan fingerprint density at radius 2 is 1.90 bits per heavy atom. The molecule has 0 radical (unpaired) electrons. The predicted octanol–water partition coefficient (Wildman–Crippen LogP) is 3.21. The highest BCUT2D eigenvalue weighted by molar-refractivity contribution is 6.30. The van der Waals surface area contributed by atoms with Crippen LogP contribution in [0, 0.1) is 5.82 Å². The van der Waals surface area contributed by atoms with Crippen molar-refractivity contribution in [1.29, 1.82) is 0 Å². The number of amides is 1. The molecule has 0 atom stereocenters. The maximum absolute atomic E-state index is 13.1. The quantitative estimate of drug-likeness (QED) is 0.888. The second kappa shape index (κ2) is 6.91. The molecule has 104 valence electrons. The molecule has 2 N–H and O–H groups in total. The summed E-state index contributed by atoms with van der Waals surface area (Å²) < 4.78 is 13.1. The molecule has 2 aromatic carbocycles. The van der Waals surface area contributed by atoms with Crippen molar-refractivity contribution in [3.8, 4) is 0 Å². The lowest BCUT2D eigenvalue weighted by Crippen LogP contribution is -2.29. The molecule has 0 aromatic heterocycles. The fraction of sp³-hybridized carbons (Fsp3) is 0.133. The van der Waals surface area contributed by atoms with Crippen LogP contribution in [0.25, 0.3) is 0 Å². The second-order valence-corrected chi connectivity index (χ2v) is 4.71. The first-order valence-corrected chi connectivity index (χ1v) is 6.52. The lowest BCUT2D eigenvalue weighted by Gasteiger charge is -2.08. The van der Waals surface area contributed by atoms with E-state index in [9.17, 15) is 9.18 Å². The first-order chi connectivity index (χ1) is 9.63. The van der Waals surface area contributed by atoms with Crippen molar-refractivity contribution in [2.24, 2.45) is 0 Å². The summed E-state index contributed by atoms with van der Waals surface area (Å²) in [7, 11) is 0. The van der Waals surface area contributed by atoms with Gasteiger partial charge in [-0.2, -0.15) is 0 Å². The summed E-state index contributed by atoms with van der Waals surface area (Å²) in [4.78, 5) is 11.7. The normalized spacial score (nSPS) is 10.1. The number of benzene rings is 2. The van der Waals surface area contributed by atoms with Crippen LogP contribution in [0.2, 0.25) is 5.02 Å². The number of hydrogen-bond acceptors (Lipinski definition) is 2. The van der Waals surface area contributed by atoms with Gasteiger partial charge >= 0.3 is 0 Å². The van der Waals surface area contributed by atoms with Gasteiger partial charge in [0.25, 0.3) is 0 Å². The first kappa shape index (κ1) is 14.3. The maximum Gasteiger partial charge on any atom is 0.239 e. The highest BCUT2D eigenvalue weighted by Crippen LogP contribution is 2.17. The van der Waals surface area contributed by atoms with Gasteiger partial charge in [0.2, 0.25) is 5.91 Å². The molecule has 5 heteroatoms. The molecule has 2 rings (SSSR count). The van der Waals surface area contributed by atoms with Crippen molar-refractivity contribution in [2.45, 2.75) is 6.54 Å². The van der Waals surface area contributed by atoms with E-state index in [1.54, 1.807) is 6.07 Å². The molecule has 0 spiro atoms. The second-order valence-electron chi connectivity index (χ2n) is 4.27. The van der Waals surface area contributed by atoms with Crippen LogP contribution in [0.4, 0.5) is 10.1 Å². The molecule has 2 aromatic rings. The summed E-state index contributed by atoms with van der Waals surface area (Å²) in [5.74, 6) is -0.612. The fourth-order valence-electron chi connectivity index (χ4n) is 1.70. The van der Waals surface area contributed by atoms with Crippen molar-refractivity contribution in [3.05, 3.63) is 64.9 Å². The van der Waals surface area contributed by atoms with Crippen molar-refractivity contribution in [3.63, 3.8) is 0 Å². The molecular weight excluding hydrogens is 279 g/mol. The SMILES string of the molecule is O=C(CNc1cc(F)cc(Cl)c1)NCc1ccccc1. The van der Waals surface area contributed by atoms with Gasteiger partial charge in [0.1, 0.15) is 5.82 Å². The number of anilines is 1. The van der Waals surface area contributed by atoms with E-state index in [4.69, 9.17) is 11.6 Å². The lowest BCUT2D eigenvalue weighted by molar-refractivity contribution is -0.119. The van der Waals surface area contributed by atoms with Gasteiger partial charge in [-0.15, -0.1) is 0 Å². The Bertz CT molecular complexity index is 569. The van der Waals surface area contributed by atoms with Crippen LogP contribution < -0.4 is 10.6 Å². The van der Waals surface area contributed by atoms with Gasteiger partial charge < -0.3 is 10.6 Å². The van der Waals surface area contributed by atoms with Crippen molar-refractivity contribution >= 4 is 23.2 Å². The highest BCUT2D eigenvalue weighted by Gasteiger charge is 2.03. The Kier molecular flexibility index (Phi) is 4.96. The molecule has 3 nitrogen and oxygen atoms in total. The summed E-state index contributed by atoms with van der Waals surface area (Å²) in [6, 6.07) is 13.7. The summed E-state index contributed by atoms with van der Waals surface area (Å²) in [6.45, 7) is 0.526. The highest BCUT2D eigenvalue weighted by atomic mass is 35.5. The smallest absolute Gasteiger partial charge is 0.239 e. The van der Waals surface area contributed by atoms with E-state index in [0.29, 0.717) is 12.2 Å².